The molecule has 2 rings (SSSR count). The number of halogens is 1. The van der Waals surface area contributed by atoms with Gasteiger partial charge in [-0.3, -0.25) is 9.59 Å². The van der Waals surface area contributed by atoms with E-state index in [0.717, 1.165) is 4.47 Å². The zero-order valence-electron chi connectivity index (χ0n) is 12.7. The van der Waals surface area contributed by atoms with Crippen molar-refractivity contribution >= 4 is 27.7 Å². The second-order valence-corrected chi connectivity index (χ2v) is 6.27. The van der Waals surface area contributed by atoms with Crippen molar-refractivity contribution in [3.8, 4) is 0 Å². The van der Waals surface area contributed by atoms with Crippen LogP contribution < -0.4 is 5.32 Å². The van der Waals surface area contributed by atoms with Gasteiger partial charge in [0.15, 0.2) is 0 Å². The molecule has 0 radical (unpaired) electrons. The van der Waals surface area contributed by atoms with Gasteiger partial charge in [0.25, 0.3) is 5.91 Å². The average molecular weight is 369 g/mol. The predicted molar refractivity (Wildman–Crippen MR) is 87.7 cm³/mol. The van der Waals surface area contributed by atoms with Crippen molar-refractivity contribution < 1.29 is 14.3 Å². The minimum atomic E-state index is -0.00850. The summed E-state index contributed by atoms with van der Waals surface area (Å²) in [5.41, 5.74) is 0.686. The topological polar surface area (TPSA) is 58.6 Å². The molecule has 1 heterocycles. The van der Waals surface area contributed by atoms with E-state index in [1.807, 2.05) is 29.2 Å². The number of carbonyl (C=O) groups is 2. The van der Waals surface area contributed by atoms with Crippen LogP contribution in [0.15, 0.2) is 28.7 Å². The molecule has 22 heavy (non-hydrogen) atoms. The highest BCUT2D eigenvalue weighted by molar-refractivity contribution is 9.10. The number of methoxy groups -OCH3 is 1. The van der Waals surface area contributed by atoms with Crippen LogP contribution in [0.25, 0.3) is 0 Å². The van der Waals surface area contributed by atoms with Gasteiger partial charge >= 0.3 is 0 Å². The molecule has 0 bridgehead atoms. The maximum atomic E-state index is 12.4. The van der Waals surface area contributed by atoms with Crippen molar-refractivity contribution in [2.24, 2.45) is 5.92 Å². The molecular formula is C16H21BrN2O3. The van der Waals surface area contributed by atoms with Gasteiger partial charge in [-0.15, -0.1) is 0 Å². The number of nitrogens with one attached hydrogen (secondary N) is 1. The van der Waals surface area contributed by atoms with Crippen molar-refractivity contribution in [1.82, 2.24) is 10.2 Å². The van der Waals surface area contributed by atoms with E-state index in [1.54, 1.807) is 7.11 Å². The molecular weight excluding hydrogens is 348 g/mol. The van der Waals surface area contributed by atoms with Gasteiger partial charge < -0.3 is 15.0 Å². The lowest BCUT2D eigenvalue weighted by Crippen LogP contribution is -2.43. The summed E-state index contributed by atoms with van der Waals surface area (Å²) in [7, 11) is 1.61. The second-order valence-electron chi connectivity index (χ2n) is 5.36. The highest BCUT2D eigenvalue weighted by Crippen LogP contribution is 2.20. The minimum Gasteiger partial charge on any atom is -0.383 e. The first-order valence-electron chi connectivity index (χ1n) is 7.43. The molecule has 1 aliphatic rings. The van der Waals surface area contributed by atoms with Crippen molar-refractivity contribution in [3.63, 3.8) is 0 Å². The summed E-state index contributed by atoms with van der Waals surface area (Å²) < 4.78 is 5.87. The van der Waals surface area contributed by atoms with Crippen molar-refractivity contribution in [2.75, 3.05) is 33.4 Å². The highest BCUT2D eigenvalue weighted by Gasteiger charge is 2.27. The van der Waals surface area contributed by atoms with Crippen LogP contribution in [0.1, 0.15) is 23.2 Å². The van der Waals surface area contributed by atoms with Crippen molar-refractivity contribution in [1.29, 1.82) is 0 Å². The summed E-state index contributed by atoms with van der Waals surface area (Å²) in [5.74, 6) is 0.0874. The standard InChI is InChI=1S/C16H21BrN2O3/c1-22-11-8-18-15(20)12-6-9-19(10-7-12)16(21)13-2-4-14(17)5-3-13/h2-5,12H,6-11H2,1H3,(H,18,20). The van der Waals surface area contributed by atoms with Gasteiger partial charge in [0.1, 0.15) is 0 Å². The lowest BCUT2D eigenvalue weighted by molar-refractivity contribution is -0.126. The zero-order valence-corrected chi connectivity index (χ0v) is 14.3. The number of piperidine rings is 1. The molecule has 2 amide bonds. The first-order valence-corrected chi connectivity index (χ1v) is 8.22. The number of carbonyl (C=O) groups excluding carboxylic acids is 2. The first kappa shape index (κ1) is 17.0. The SMILES string of the molecule is COCCNC(=O)C1CCN(C(=O)c2ccc(Br)cc2)CC1. The van der Waals surface area contributed by atoms with Crippen LogP contribution in [0.4, 0.5) is 0 Å². The summed E-state index contributed by atoms with van der Waals surface area (Å²) in [6.07, 6.45) is 1.42. The van der Waals surface area contributed by atoms with E-state index in [2.05, 4.69) is 21.2 Å². The van der Waals surface area contributed by atoms with Crippen LogP contribution in [0, 0.1) is 5.92 Å². The molecule has 1 aliphatic heterocycles. The Morgan fingerprint density at radius 1 is 1.27 bits per heavy atom. The van der Waals surface area contributed by atoms with Crippen LogP contribution in [-0.4, -0.2) is 50.1 Å². The van der Waals surface area contributed by atoms with Crippen LogP contribution in [0.2, 0.25) is 0 Å². The lowest BCUT2D eigenvalue weighted by atomic mass is 9.95. The molecule has 0 unspecified atom stereocenters. The van der Waals surface area contributed by atoms with E-state index >= 15 is 0 Å². The minimum absolute atomic E-state index is 0.00850. The molecule has 0 aromatic heterocycles. The Morgan fingerprint density at radius 2 is 1.91 bits per heavy atom. The Kier molecular flexibility index (Phi) is 6.39. The number of hydrogen-bond acceptors (Lipinski definition) is 3. The average Bonchev–Trinajstić information content (AvgIpc) is 2.55. The normalized spacial score (nSPS) is 15.6. The molecule has 5 nitrogen and oxygen atoms in total. The maximum absolute atomic E-state index is 12.4. The highest BCUT2D eigenvalue weighted by atomic mass is 79.9. The number of nitrogens with zero attached hydrogens (tertiary/aromatic N) is 1. The van der Waals surface area contributed by atoms with Crippen LogP contribution in [-0.2, 0) is 9.53 Å². The second kappa shape index (κ2) is 8.29. The van der Waals surface area contributed by atoms with Crippen molar-refractivity contribution in [3.05, 3.63) is 34.3 Å². The predicted octanol–water partition coefficient (Wildman–Crippen LogP) is 2.06. The fraction of sp³-hybridized carbons (Fsp3) is 0.500. The van der Waals surface area contributed by atoms with E-state index in [0.29, 0.717) is 44.6 Å². The third-order valence-electron chi connectivity index (χ3n) is 3.85. The van der Waals surface area contributed by atoms with Gasteiger partial charge in [-0.1, -0.05) is 15.9 Å². The molecule has 0 saturated carbocycles. The molecule has 1 saturated heterocycles. The Hall–Kier alpha value is -1.40. The maximum Gasteiger partial charge on any atom is 0.253 e. The Bertz CT molecular complexity index is 511. The smallest absolute Gasteiger partial charge is 0.253 e. The Balaban J connectivity index is 1.82. The Morgan fingerprint density at radius 3 is 2.50 bits per heavy atom. The zero-order chi connectivity index (χ0) is 15.9. The molecule has 6 heteroatoms. The summed E-state index contributed by atoms with van der Waals surface area (Å²) in [6, 6.07) is 7.36. The molecule has 0 aliphatic carbocycles. The molecule has 0 spiro atoms. The molecule has 0 atom stereocenters. The van der Waals surface area contributed by atoms with Crippen LogP contribution in [0.5, 0.6) is 0 Å². The first-order chi connectivity index (χ1) is 10.6. The van der Waals surface area contributed by atoms with Gasteiger partial charge in [-0.05, 0) is 37.1 Å². The largest absolute Gasteiger partial charge is 0.383 e. The van der Waals surface area contributed by atoms with Gasteiger partial charge in [0, 0.05) is 42.7 Å². The number of ether oxygens (including phenoxy) is 1. The summed E-state index contributed by atoms with van der Waals surface area (Å²) in [6.45, 7) is 2.30. The fourth-order valence-corrected chi connectivity index (χ4v) is 2.80. The van der Waals surface area contributed by atoms with E-state index in [9.17, 15) is 9.59 Å². The van der Waals surface area contributed by atoms with Crippen molar-refractivity contribution in [2.45, 2.75) is 12.8 Å². The van der Waals surface area contributed by atoms with Crippen LogP contribution in [0.3, 0.4) is 0 Å². The Labute approximate surface area is 139 Å². The summed E-state index contributed by atoms with van der Waals surface area (Å²) in [4.78, 5) is 26.2. The molecule has 1 aromatic rings. The van der Waals surface area contributed by atoms with E-state index in [-0.39, 0.29) is 17.7 Å². The van der Waals surface area contributed by atoms with Gasteiger partial charge in [-0.25, -0.2) is 0 Å². The number of hydrogen-bond donors (Lipinski definition) is 1. The molecule has 120 valence electrons. The quantitative estimate of drug-likeness (QED) is 0.809. The molecule has 1 aromatic carbocycles. The monoisotopic (exact) mass is 368 g/mol. The fourth-order valence-electron chi connectivity index (χ4n) is 2.54. The molecule has 1 fully saturated rings. The number of rotatable bonds is 5. The van der Waals surface area contributed by atoms with E-state index in [1.165, 1.54) is 0 Å². The summed E-state index contributed by atoms with van der Waals surface area (Å²) in [5, 5.41) is 2.86. The number of amides is 2. The van der Waals surface area contributed by atoms with Gasteiger partial charge in [0.05, 0.1) is 6.61 Å². The number of likely N-dealkylation sites (tertiary alicyclic amines) is 1. The number of benzene rings is 1. The van der Waals surface area contributed by atoms with Gasteiger partial charge in [-0.2, -0.15) is 0 Å². The third-order valence-corrected chi connectivity index (χ3v) is 4.38. The van der Waals surface area contributed by atoms with E-state index < -0.39 is 0 Å². The van der Waals surface area contributed by atoms with Gasteiger partial charge in [0.2, 0.25) is 5.91 Å². The van der Waals surface area contributed by atoms with Crippen LogP contribution >= 0.6 is 15.9 Å². The lowest BCUT2D eigenvalue weighted by Gasteiger charge is -2.31. The molecule has 1 N–H and O–H groups in total. The summed E-state index contributed by atoms with van der Waals surface area (Å²) >= 11 is 3.36. The van der Waals surface area contributed by atoms with E-state index in [4.69, 9.17) is 4.74 Å². The third kappa shape index (κ3) is 4.55.